The molecule has 2 aliphatic carbocycles. The molecule has 1 atom stereocenters. The molecule has 0 bridgehead atoms. The summed E-state index contributed by atoms with van der Waals surface area (Å²) in [7, 11) is 0. The van der Waals surface area contributed by atoms with Crippen LogP contribution in [0.3, 0.4) is 0 Å². The maximum Gasteiger partial charge on any atom is 0.306 e. The van der Waals surface area contributed by atoms with Gasteiger partial charge in [0.2, 0.25) is 5.95 Å². The number of benzene rings is 1. The minimum absolute atomic E-state index is 0.137. The molecule has 3 aromatic rings. The van der Waals surface area contributed by atoms with Gasteiger partial charge in [0.05, 0.1) is 23.3 Å². The third-order valence-electron chi connectivity index (χ3n) is 10.7. The van der Waals surface area contributed by atoms with Gasteiger partial charge < -0.3 is 25.3 Å². The van der Waals surface area contributed by atoms with Crippen LogP contribution in [0.15, 0.2) is 42.7 Å². The molecular weight excluding hydrogens is 544 g/mol. The molecule has 11 nitrogen and oxygen atoms in total. The number of rotatable bonds is 5. The van der Waals surface area contributed by atoms with Crippen LogP contribution in [-0.2, 0) is 4.79 Å². The third-order valence-corrected chi connectivity index (χ3v) is 10.7. The molecule has 2 aromatic heterocycles. The molecule has 4 fully saturated rings. The van der Waals surface area contributed by atoms with E-state index in [9.17, 15) is 15.0 Å². The first-order chi connectivity index (χ1) is 20.9. The number of anilines is 3. The summed E-state index contributed by atoms with van der Waals surface area (Å²) in [5.41, 5.74) is 3.91. The van der Waals surface area contributed by atoms with Gasteiger partial charge in [-0.25, -0.2) is 9.97 Å². The number of hydrogen-bond acceptors (Lipinski definition) is 10. The van der Waals surface area contributed by atoms with Crippen LogP contribution in [0.5, 0.6) is 5.75 Å². The Balaban J connectivity index is 0.854. The fourth-order valence-corrected chi connectivity index (χ4v) is 8.32. The van der Waals surface area contributed by atoms with Gasteiger partial charge in [0.1, 0.15) is 5.75 Å². The zero-order valence-corrected chi connectivity index (χ0v) is 24.3. The molecule has 3 aliphatic heterocycles. The summed E-state index contributed by atoms with van der Waals surface area (Å²) in [5.74, 6) is 1.55. The number of aromatic hydroxyl groups is 1. The predicted octanol–water partition coefficient (Wildman–Crippen LogP) is 3.58. The molecule has 11 heteroatoms. The molecule has 1 aromatic carbocycles. The van der Waals surface area contributed by atoms with Gasteiger partial charge in [-0.15, -0.1) is 10.2 Å². The highest BCUT2D eigenvalue weighted by molar-refractivity contribution is 5.76. The maximum atomic E-state index is 11.2. The lowest BCUT2D eigenvalue weighted by atomic mass is 9.47. The van der Waals surface area contributed by atoms with E-state index in [4.69, 9.17) is 9.97 Å². The van der Waals surface area contributed by atoms with E-state index in [1.165, 1.54) is 5.56 Å². The number of piperazine rings is 1. The number of nitrogens with zero attached hydrogens (tertiary/aromatic N) is 7. The van der Waals surface area contributed by atoms with Crippen molar-refractivity contribution in [1.29, 1.82) is 0 Å². The van der Waals surface area contributed by atoms with Gasteiger partial charge in [-0.1, -0.05) is 12.1 Å². The molecule has 0 amide bonds. The van der Waals surface area contributed by atoms with E-state index in [0.29, 0.717) is 29.3 Å². The average molecular weight is 583 g/mol. The van der Waals surface area contributed by atoms with E-state index < -0.39 is 5.97 Å². The second kappa shape index (κ2) is 10.3. The molecular formula is C32H38N8O3. The molecule has 0 radical (unpaired) electrons. The zero-order chi connectivity index (χ0) is 29.1. The normalized spacial score (nSPS) is 28.8. The molecule has 0 unspecified atom stereocenters. The zero-order valence-electron chi connectivity index (χ0n) is 24.3. The summed E-state index contributed by atoms with van der Waals surface area (Å²) >= 11 is 0. The van der Waals surface area contributed by atoms with Gasteiger partial charge >= 0.3 is 5.97 Å². The van der Waals surface area contributed by atoms with Crippen LogP contribution >= 0.6 is 0 Å². The number of para-hydroxylation sites is 1. The first-order valence-corrected chi connectivity index (χ1v) is 15.7. The largest absolute Gasteiger partial charge is 0.507 e. The van der Waals surface area contributed by atoms with Crippen molar-refractivity contribution < 1.29 is 15.0 Å². The van der Waals surface area contributed by atoms with E-state index in [1.54, 1.807) is 6.07 Å². The number of phenolic OH excluding ortho intramolecular Hbond substituents is 1. The predicted molar refractivity (Wildman–Crippen MR) is 162 cm³/mol. The minimum atomic E-state index is -0.639. The van der Waals surface area contributed by atoms with Gasteiger partial charge in [0, 0.05) is 63.3 Å². The van der Waals surface area contributed by atoms with Crippen molar-refractivity contribution in [3.8, 4) is 17.0 Å². The fraction of sp³-hybridized carbons (Fsp3) is 0.531. The van der Waals surface area contributed by atoms with Crippen LogP contribution in [0.4, 0.5) is 17.5 Å². The van der Waals surface area contributed by atoms with Crippen molar-refractivity contribution in [1.82, 2.24) is 25.1 Å². The molecule has 5 heterocycles. The van der Waals surface area contributed by atoms with Crippen molar-refractivity contribution in [3.05, 3.63) is 48.3 Å². The van der Waals surface area contributed by atoms with Crippen molar-refractivity contribution in [2.24, 2.45) is 11.3 Å². The standard InChI is InChI=1S/C32H38N8O3/c41-28-4-2-1-3-25(28)26-11-27-29(37-36-26)33-18-24-19-39(9-10-40(24)27)23-5-7-38(8-6-23)31-34-16-22(17-35-31)20-12-32(13-20)14-21(15-32)30(42)43/h1-4,11,16-17,20-21,23-24,41H,5-10,12-15,18-19H2,(H,33,37)(H,42,43)/t20?,21?,24-,32?/m0/s1. The molecule has 43 heavy (non-hydrogen) atoms. The number of carboxylic acid groups (broad SMARTS) is 1. The summed E-state index contributed by atoms with van der Waals surface area (Å²) in [6.07, 6.45) is 10.0. The number of carbonyl (C=O) groups is 1. The van der Waals surface area contributed by atoms with E-state index >= 15 is 0 Å². The van der Waals surface area contributed by atoms with E-state index in [0.717, 1.165) is 95.2 Å². The number of phenols is 1. The lowest BCUT2D eigenvalue weighted by molar-refractivity contribution is -0.155. The molecule has 3 N–H and O–H groups in total. The lowest BCUT2D eigenvalue weighted by Crippen LogP contribution is -2.61. The highest BCUT2D eigenvalue weighted by Gasteiger charge is 2.55. The second-order valence-electron chi connectivity index (χ2n) is 13.3. The van der Waals surface area contributed by atoms with Crippen molar-refractivity contribution >= 4 is 23.4 Å². The second-order valence-corrected chi connectivity index (χ2v) is 13.3. The maximum absolute atomic E-state index is 11.2. The average Bonchev–Trinajstić information content (AvgIpc) is 2.99. The summed E-state index contributed by atoms with van der Waals surface area (Å²) in [6, 6.07) is 10.2. The van der Waals surface area contributed by atoms with Crippen LogP contribution in [0, 0.1) is 11.3 Å². The Morgan fingerprint density at radius 2 is 1.72 bits per heavy atom. The Morgan fingerprint density at radius 3 is 2.47 bits per heavy atom. The van der Waals surface area contributed by atoms with Crippen LogP contribution in [0.25, 0.3) is 11.3 Å². The third kappa shape index (κ3) is 4.74. The number of fused-ring (bicyclic) bond motifs is 3. The van der Waals surface area contributed by atoms with Gasteiger partial charge in [-0.05, 0) is 73.6 Å². The van der Waals surface area contributed by atoms with Crippen molar-refractivity contribution in [2.45, 2.75) is 56.5 Å². The molecule has 5 aliphatic rings. The number of piperidine rings is 1. The molecule has 2 saturated carbocycles. The summed E-state index contributed by atoms with van der Waals surface area (Å²) in [4.78, 5) is 28.1. The van der Waals surface area contributed by atoms with Gasteiger partial charge in [-0.3, -0.25) is 9.69 Å². The summed E-state index contributed by atoms with van der Waals surface area (Å²) in [5, 5.41) is 31.9. The SMILES string of the molecule is O=C(O)C1CC2(C1)CC(c1cnc(N3CCC(N4CCN5c6cc(-c7ccccc7O)nnc6NC[C@H]5C4)CC3)nc1)C2. The first-order valence-electron chi connectivity index (χ1n) is 15.7. The highest BCUT2D eigenvalue weighted by atomic mass is 16.4. The van der Waals surface area contributed by atoms with Crippen molar-refractivity contribution in [3.63, 3.8) is 0 Å². The van der Waals surface area contributed by atoms with E-state index in [1.807, 2.05) is 30.6 Å². The molecule has 2 saturated heterocycles. The Kier molecular flexibility index (Phi) is 6.39. The van der Waals surface area contributed by atoms with Crippen LogP contribution < -0.4 is 15.1 Å². The Hall–Kier alpha value is -3.99. The molecule has 8 rings (SSSR count). The number of nitrogens with one attached hydrogen (secondary N) is 1. The summed E-state index contributed by atoms with van der Waals surface area (Å²) < 4.78 is 0. The van der Waals surface area contributed by atoms with Gasteiger partial charge in [-0.2, -0.15) is 0 Å². The lowest BCUT2D eigenvalue weighted by Gasteiger charge is -2.56. The Labute approximate surface area is 251 Å². The Bertz CT molecular complexity index is 1510. The highest BCUT2D eigenvalue weighted by Crippen LogP contribution is 2.63. The van der Waals surface area contributed by atoms with Crippen LogP contribution in [-0.4, -0.2) is 92.6 Å². The van der Waals surface area contributed by atoms with Crippen molar-refractivity contribution in [2.75, 3.05) is 54.4 Å². The van der Waals surface area contributed by atoms with Crippen LogP contribution in [0.1, 0.15) is 50.0 Å². The quantitative estimate of drug-likeness (QED) is 0.408. The van der Waals surface area contributed by atoms with Crippen LogP contribution in [0.2, 0.25) is 0 Å². The number of aliphatic carboxylic acids is 1. The number of hydrogen-bond donors (Lipinski definition) is 3. The smallest absolute Gasteiger partial charge is 0.306 e. The Morgan fingerprint density at radius 1 is 0.953 bits per heavy atom. The summed E-state index contributed by atoms with van der Waals surface area (Å²) in [6.45, 7) is 5.71. The van der Waals surface area contributed by atoms with E-state index in [-0.39, 0.29) is 17.1 Å². The van der Waals surface area contributed by atoms with E-state index in [2.05, 4.69) is 36.3 Å². The van der Waals surface area contributed by atoms with Gasteiger partial charge in [0.15, 0.2) is 5.82 Å². The first kappa shape index (κ1) is 26.6. The molecule has 1 spiro atoms. The fourth-order valence-electron chi connectivity index (χ4n) is 8.32. The minimum Gasteiger partial charge on any atom is -0.507 e. The number of carboxylic acids is 1. The molecule has 224 valence electrons. The monoisotopic (exact) mass is 582 g/mol. The van der Waals surface area contributed by atoms with Gasteiger partial charge in [0.25, 0.3) is 0 Å². The topological polar surface area (TPSA) is 131 Å². The number of aromatic nitrogens is 4.